The molecule has 374 valence electrons. The van der Waals surface area contributed by atoms with Crippen LogP contribution in [0.2, 0.25) is 0 Å². The van der Waals surface area contributed by atoms with E-state index < -0.39 is 79.3 Å². The number of esters is 3. The lowest BCUT2D eigenvalue weighted by molar-refractivity contribution is -0.340. The molecule has 0 aliphatic carbocycles. The molecule has 10 atom stereocenters. The van der Waals surface area contributed by atoms with Crippen molar-refractivity contribution in [3.05, 3.63) is 228 Å². The third-order valence-electron chi connectivity index (χ3n) is 12.0. The quantitative estimate of drug-likeness (QED) is 0.0342. The van der Waals surface area contributed by atoms with Gasteiger partial charge in [0, 0.05) is 7.11 Å². The van der Waals surface area contributed by atoms with Crippen molar-refractivity contribution >= 4 is 17.9 Å². The van der Waals surface area contributed by atoms with Crippen LogP contribution in [0, 0.1) is 0 Å². The highest BCUT2D eigenvalue weighted by molar-refractivity contribution is 5.91. The van der Waals surface area contributed by atoms with Crippen LogP contribution in [0.1, 0.15) is 47.8 Å². The molecule has 0 spiro atoms. The number of ether oxygens (including phenoxy) is 11. The molecule has 72 heavy (non-hydrogen) atoms. The van der Waals surface area contributed by atoms with Crippen molar-refractivity contribution in [3.8, 4) is 0 Å². The first-order valence-electron chi connectivity index (χ1n) is 23.8. The van der Waals surface area contributed by atoms with E-state index in [1.165, 1.54) is 7.11 Å². The first-order chi connectivity index (χ1) is 35.4. The van der Waals surface area contributed by atoms with Gasteiger partial charge in [0.25, 0.3) is 0 Å². The molecule has 0 radical (unpaired) electrons. The Morgan fingerprint density at radius 1 is 0.431 bits per heavy atom. The predicted octanol–water partition coefficient (Wildman–Crippen LogP) is 8.73. The number of hydrogen-bond donors (Lipinski definition) is 0. The molecular formula is C58H58O14. The van der Waals surface area contributed by atoms with Crippen molar-refractivity contribution in [1.29, 1.82) is 0 Å². The van der Waals surface area contributed by atoms with Crippen molar-refractivity contribution in [2.45, 2.75) is 81.2 Å². The van der Waals surface area contributed by atoms with Crippen molar-refractivity contribution in [2.75, 3.05) is 26.9 Å². The molecular weight excluding hydrogens is 921 g/mol. The maximum Gasteiger partial charge on any atom is 0.338 e. The zero-order chi connectivity index (χ0) is 49.9. The summed E-state index contributed by atoms with van der Waals surface area (Å²) in [5.41, 5.74) is 3.39. The van der Waals surface area contributed by atoms with E-state index in [-0.39, 0.29) is 56.3 Å². The van der Waals surface area contributed by atoms with E-state index in [1.807, 2.05) is 91.0 Å². The molecule has 6 aromatic carbocycles. The van der Waals surface area contributed by atoms with Crippen LogP contribution in [-0.2, 0) is 71.9 Å². The monoisotopic (exact) mass is 978 g/mol. The summed E-state index contributed by atoms with van der Waals surface area (Å²) in [6.45, 7) is 4.36. The van der Waals surface area contributed by atoms with Gasteiger partial charge >= 0.3 is 17.9 Å². The van der Waals surface area contributed by atoms with Crippen LogP contribution in [0.4, 0.5) is 0 Å². The van der Waals surface area contributed by atoms with E-state index in [2.05, 4.69) is 6.58 Å². The summed E-state index contributed by atoms with van der Waals surface area (Å²) in [5, 5.41) is 0. The van der Waals surface area contributed by atoms with Gasteiger partial charge in [-0.1, -0.05) is 152 Å². The van der Waals surface area contributed by atoms with Gasteiger partial charge in [0.1, 0.15) is 30.5 Å². The highest BCUT2D eigenvalue weighted by atomic mass is 16.8. The second-order valence-electron chi connectivity index (χ2n) is 17.0. The molecule has 14 nitrogen and oxygen atoms in total. The third kappa shape index (κ3) is 14.0. The zero-order valence-electron chi connectivity index (χ0n) is 39.8. The maximum absolute atomic E-state index is 14.1. The molecule has 0 amide bonds. The molecule has 2 aliphatic rings. The molecule has 0 saturated carbocycles. The minimum atomic E-state index is -1.51. The SMILES string of the molecule is C=CCO[C@H]1[C@H](OC[C@H]2O[C@H](OC)[C@H](OC(=O)c3ccccc3)[C@@H](OC(=O)c3ccccc3)[C@@H]2OC(=O)c2ccccc2)O[C@H](COCc2ccccc2)[C@@H](OCc2ccccc2)[C@@H]1OCc1ccccc1. The van der Waals surface area contributed by atoms with E-state index in [9.17, 15) is 14.4 Å². The average molecular weight is 979 g/mol. The Morgan fingerprint density at radius 3 is 1.31 bits per heavy atom. The number of rotatable bonds is 23. The van der Waals surface area contributed by atoms with Crippen LogP contribution in [-0.4, -0.2) is 106 Å². The summed E-state index contributed by atoms with van der Waals surface area (Å²) in [6, 6.07) is 54.0. The third-order valence-corrected chi connectivity index (χ3v) is 12.0. The minimum absolute atomic E-state index is 0.0581. The number of benzene rings is 6. The lowest BCUT2D eigenvalue weighted by Gasteiger charge is -2.47. The second kappa shape index (κ2) is 26.6. The van der Waals surface area contributed by atoms with E-state index in [0.717, 1.165) is 16.7 Å². The predicted molar refractivity (Wildman–Crippen MR) is 263 cm³/mol. The Balaban J connectivity index is 1.14. The lowest BCUT2D eigenvalue weighted by atomic mass is 9.96. The van der Waals surface area contributed by atoms with Gasteiger partial charge in [-0.3, -0.25) is 0 Å². The van der Waals surface area contributed by atoms with Crippen LogP contribution in [0.25, 0.3) is 0 Å². The first kappa shape index (κ1) is 51.5. The normalized spacial score (nSPS) is 23.8. The van der Waals surface area contributed by atoms with Crippen LogP contribution in [0.5, 0.6) is 0 Å². The average Bonchev–Trinajstić information content (AvgIpc) is 3.43. The van der Waals surface area contributed by atoms with Crippen LogP contribution >= 0.6 is 0 Å². The lowest BCUT2D eigenvalue weighted by Crippen LogP contribution is -2.64. The Bertz CT molecular complexity index is 2570. The summed E-state index contributed by atoms with van der Waals surface area (Å²) in [6.07, 6.45) is -10.0. The summed E-state index contributed by atoms with van der Waals surface area (Å²) < 4.78 is 71.1. The summed E-state index contributed by atoms with van der Waals surface area (Å²) in [7, 11) is 1.35. The van der Waals surface area contributed by atoms with Gasteiger partial charge in [0.05, 0.1) is 56.3 Å². The van der Waals surface area contributed by atoms with Gasteiger partial charge < -0.3 is 52.1 Å². The van der Waals surface area contributed by atoms with E-state index in [4.69, 9.17) is 52.1 Å². The number of carbonyl (C=O) groups excluding carboxylic acids is 3. The Kier molecular flexibility index (Phi) is 19.0. The Morgan fingerprint density at radius 2 is 0.833 bits per heavy atom. The topological polar surface area (TPSA) is 153 Å². The fourth-order valence-corrected chi connectivity index (χ4v) is 8.39. The van der Waals surface area contributed by atoms with Gasteiger partial charge in [0.2, 0.25) is 0 Å². The molecule has 0 unspecified atom stereocenters. The highest BCUT2D eigenvalue weighted by Gasteiger charge is 2.55. The largest absolute Gasteiger partial charge is 0.452 e. The van der Waals surface area contributed by atoms with Gasteiger partial charge in [-0.15, -0.1) is 6.58 Å². The Hall–Kier alpha value is -6.85. The molecule has 8 rings (SSSR count). The molecule has 2 saturated heterocycles. The van der Waals surface area contributed by atoms with Crippen molar-refractivity contribution in [2.24, 2.45) is 0 Å². The van der Waals surface area contributed by atoms with Gasteiger partial charge in [0.15, 0.2) is 30.9 Å². The molecule has 6 aromatic rings. The van der Waals surface area contributed by atoms with Gasteiger partial charge in [-0.2, -0.15) is 0 Å². The molecule has 0 aromatic heterocycles. The summed E-state index contributed by atoms with van der Waals surface area (Å²) in [4.78, 5) is 42.0. The fourth-order valence-electron chi connectivity index (χ4n) is 8.39. The molecule has 0 bridgehead atoms. The van der Waals surface area contributed by atoms with Gasteiger partial charge in [-0.05, 0) is 53.1 Å². The smallest absolute Gasteiger partial charge is 0.338 e. The van der Waals surface area contributed by atoms with Crippen molar-refractivity contribution < 1.29 is 66.5 Å². The first-order valence-corrected chi connectivity index (χ1v) is 23.8. The molecule has 14 heteroatoms. The van der Waals surface area contributed by atoms with Crippen molar-refractivity contribution in [1.82, 2.24) is 0 Å². The van der Waals surface area contributed by atoms with E-state index >= 15 is 0 Å². The van der Waals surface area contributed by atoms with Crippen LogP contribution in [0.3, 0.4) is 0 Å². The molecule has 2 heterocycles. The number of carbonyl (C=O) groups is 3. The van der Waals surface area contributed by atoms with E-state index in [0.29, 0.717) is 0 Å². The van der Waals surface area contributed by atoms with Gasteiger partial charge in [-0.25, -0.2) is 14.4 Å². The Labute approximate surface area is 419 Å². The standard InChI is InChI=1S/C58H58O14/c1-3-34-64-52-50(66-37-42-26-14-6-15-27-42)48(65-36-41-24-12-5-13-25-41)46(38-63-35-40-22-10-4-11-23-40)69-58(52)67-39-47-49(70-54(59)43-28-16-7-17-29-43)51(71-55(60)44-30-18-8-19-31-44)53(57(62-2)68-47)72-56(61)45-32-20-9-21-33-45/h3-33,46-53,57-58H,1,34-39H2,2H3/t46-,47-,48-,49-,50+,51+,52-,53-,57+,58-/m1/s1. The minimum Gasteiger partial charge on any atom is -0.452 e. The zero-order valence-corrected chi connectivity index (χ0v) is 39.8. The molecule has 2 fully saturated rings. The summed E-state index contributed by atoms with van der Waals surface area (Å²) in [5.74, 6) is -2.33. The molecule has 0 N–H and O–H groups in total. The summed E-state index contributed by atoms with van der Waals surface area (Å²) >= 11 is 0. The van der Waals surface area contributed by atoms with Crippen molar-refractivity contribution in [3.63, 3.8) is 0 Å². The number of methoxy groups -OCH3 is 1. The molecule has 2 aliphatic heterocycles. The fraction of sp³-hybridized carbons (Fsp3) is 0.293. The maximum atomic E-state index is 14.1. The van der Waals surface area contributed by atoms with Crippen LogP contribution < -0.4 is 0 Å². The van der Waals surface area contributed by atoms with Crippen LogP contribution in [0.15, 0.2) is 195 Å². The number of hydrogen-bond acceptors (Lipinski definition) is 14. The highest BCUT2D eigenvalue weighted by Crippen LogP contribution is 2.35. The second-order valence-corrected chi connectivity index (χ2v) is 17.0. The van der Waals surface area contributed by atoms with E-state index in [1.54, 1.807) is 97.1 Å².